The Morgan fingerprint density at radius 3 is 2.22 bits per heavy atom. The van der Waals surface area contributed by atoms with E-state index in [2.05, 4.69) is 4.72 Å². The minimum atomic E-state index is -3.47. The third-order valence-corrected chi connectivity index (χ3v) is 3.70. The molecule has 1 aromatic rings. The normalized spacial score (nSPS) is 11.3. The Morgan fingerprint density at radius 1 is 1.06 bits per heavy atom. The van der Waals surface area contributed by atoms with Crippen molar-refractivity contribution < 1.29 is 17.9 Å². The summed E-state index contributed by atoms with van der Waals surface area (Å²) in [7, 11) is -3.47. The number of ether oxygens (including phenoxy) is 2. The van der Waals surface area contributed by atoms with Crippen molar-refractivity contribution in [1.82, 2.24) is 4.72 Å². The third-order valence-electron chi connectivity index (χ3n) is 2.16. The number of hydrogen-bond donors (Lipinski definition) is 1. The van der Waals surface area contributed by atoms with Crippen molar-refractivity contribution >= 4 is 10.0 Å². The Hall–Kier alpha value is -1.27. The van der Waals surface area contributed by atoms with Gasteiger partial charge in [0.15, 0.2) is 11.5 Å². The topological polar surface area (TPSA) is 64.6 Å². The molecule has 18 heavy (non-hydrogen) atoms. The molecule has 0 spiro atoms. The lowest BCUT2D eigenvalue weighted by atomic mass is 10.3. The van der Waals surface area contributed by atoms with Gasteiger partial charge in [0.2, 0.25) is 10.0 Å². The highest BCUT2D eigenvalue weighted by Gasteiger charge is 2.16. The zero-order valence-electron chi connectivity index (χ0n) is 10.9. The second-order valence-electron chi connectivity index (χ2n) is 3.48. The van der Waals surface area contributed by atoms with E-state index < -0.39 is 10.0 Å². The lowest BCUT2D eigenvalue weighted by molar-refractivity contribution is 0.287. The summed E-state index contributed by atoms with van der Waals surface area (Å²) >= 11 is 0. The van der Waals surface area contributed by atoms with E-state index in [1.165, 1.54) is 12.1 Å². The van der Waals surface area contributed by atoms with Gasteiger partial charge in [0.1, 0.15) is 0 Å². The number of hydrogen-bond acceptors (Lipinski definition) is 4. The van der Waals surface area contributed by atoms with Gasteiger partial charge in [-0.3, -0.25) is 0 Å². The zero-order chi connectivity index (χ0) is 13.6. The van der Waals surface area contributed by atoms with E-state index in [-0.39, 0.29) is 4.90 Å². The van der Waals surface area contributed by atoms with E-state index in [4.69, 9.17) is 9.47 Å². The van der Waals surface area contributed by atoms with E-state index in [0.717, 1.165) is 0 Å². The first kappa shape index (κ1) is 14.8. The largest absolute Gasteiger partial charge is 0.490 e. The molecule has 5 nitrogen and oxygen atoms in total. The van der Waals surface area contributed by atoms with Crippen molar-refractivity contribution in [3.63, 3.8) is 0 Å². The summed E-state index contributed by atoms with van der Waals surface area (Å²) in [6.45, 7) is 6.72. The number of sulfonamides is 1. The molecule has 0 bridgehead atoms. The third kappa shape index (κ3) is 3.61. The maximum atomic E-state index is 11.9. The molecule has 0 fully saturated rings. The quantitative estimate of drug-likeness (QED) is 0.822. The first-order valence-electron chi connectivity index (χ1n) is 5.94. The summed E-state index contributed by atoms with van der Waals surface area (Å²) in [6, 6.07) is 4.59. The summed E-state index contributed by atoms with van der Waals surface area (Å²) in [5, 5.41) is 0. The molecule has 0 unspecified atom stereocenters. The summed E-state index contributed by atoms with van der Waals surface area (Å²) in [4.78, 5) is 0.177. The molecule has 0 saturated heterocycles. The van der Waals surface area contributed by atoms with Gasteiger partial charge in [0, 0.05) is 12.6 Å². The Kier molecular flexibility index (Phi) is 5.43. The molecule has 1 N–H and O–H groups in total. The predicted octanol–water partition coefficient (Wildman–Crippen LogP) is 1.78. The van der Waals surface area contributed by atoms with Gasteiger partial charge in [-0.25, -0.2) is 13.1 Å². The minimum absolute atomic E-state index is 0.177. The molecule has 0 aromatic heterocycles. The van der Waals surface area contributed by atoms with Crippen LogP contribution in [0.4, 0.5) is 0 Å². The van der Waals surface area contributed by atoms with Crippen molar-refractivity contribution in [1.29, 1.82) is 0 Å². The molecule has 0 amide bonds. The molecule has 0 atom stereocenters. The van der Waals surface area contributed by atoms with E-state index in [0.29, 0.717) is 31.3 Å². The number of benzene rings is 1. The molecular formula is C12H19NO4S. The summed E-state index contributed by atoms with van der Waals surface area (Å²) in [5.74, 6) is 0.994. The fraction of sp³-hybridized carbons (Fsp3) is 0.500. The smallest absolute Gasteiger partial charge is 0.240 e. The van der Waals surface area contributed by atoms with E-state index >= 15 is 0 Å². The van der Waals surface area contributed by atoms with Crippen molar-refractivity contribution in [3.05, 3.63) is 18.2 Å². The van der Waals surface area contributed by atoms with Crippen LogP contribution in [0.15, 0.2) is 23.1 Å². The van der Waals surface area contributed by atoms with E-state index in [1.54, 1.807) is 13.0 Å². The first-order valence-corrected chi connectivity index (χ1v) is 7.42. The van der Waals surface area contributed by atoms with Gasteiger partial charge in [-0.1, -0.05) is 6.92 Å². The summed E-state index contributed by atoms with van der Waals surface area (Å²) in [6.07, 6.45) is 0. The fourth-order valence-corrected chi connectivity index (χ4v) is 2.53. The second kappa shape index (κ2) is 6.61. The van der Waals surface area contributed by atoms with Gasteiger partial charge < -0.3 is 9.47 Å². The van der Waals surface area contributed by atoms with Crippen LogP contribution in [0.2, 0.25) is 0 Å². The second-order valence-corrected chi connectivity index (χ2v) is 5.24. The highest BCUT2D eigenvalue weighted by Crippen LogP contribution is 2.30. The van der Waals surface area contributed by atoms with Crippen LogP contribution in [-0.2, 0) is 10.0 Å². The highest BCUT2D eigenvalue weighted by atomic mass is 32.2. The molecule has 0 saturated carbocycles. The summed E-state index contributed by atoms with van der Waals surface area (Å²) < 4.78 is 36.9. The standard InChI is InChI=1S/C12H19NO4S/c1-4-13-18(14,15)10-7-8-11(16-5-2)12(9-10)17-6-3/h7-9,13H,4-6H2,1-3H3. The lowest BCUT2D eigenvalue weighted by Gasteiger charge is -2.12. The van der Waals surface area contributed by atoms with Crippen LogP contribution in [0.3, 0.4) is 0 Å². The van der Waals surface area contributed by atoms with Gasteiger partial charge in [-0.2, -0.15) is 0 Å². The molecule has 0 heterocycles. The van der Waals surface area contributed by atoms with Gasteiger partial charge in [0.05, 0.1) is 18.1 Å². The molecule has 0 aliphatic carbocycles. The maximum Gasteiger partial charge on any atom is 0.240 e. The average molecular weight is 273 g/mol. The Balaban J connectivity index is 3.14. The van der Waals surface area contributed by atoms with Gasteiger partial charge in [-0.05, 0) is 26.0 Å². The Bertz CT molecular complexity index is 485. The Morgan fingerprint density at radius 2 is 1.67 bits per heavy atom. The van der Waals surface area contributed by atoms with Crippen LogP contribution in [0.1, 0.15) is 20.8 Å². The molecule has 0 aliphatic heterocycles. The van der Waals surface area contributed by atoms with Gasteiger partial charge in [-0.15, -0.1) is 0 Å². The van der Waals surface area contributed by atoms with Gasteiger partial charge >= 0.3 is 0 Å². The van der Waals surface area contributed by atoms with Crippen molar-refractivity contribution in [3.8, 4) is 11.5 Å². The van der Waals surface area contributed by atoms with Crippen molar-refractivity contribution in [2.24, 2.45) is 0 Å². The highest BCUT2D eigenvalue weighted by molar-refractivity contribution is 7.89. The van der Waals surface area contributed by atoms with Gasteiger partial charge in [0.25, 0.3) is 0 Å². The van der Waals surface area contributed by atoms with Crippen molar-refractivity contribution in [2.45, 2.75) is 25.7 Å². The van der Waals surface area contributed by atoms with Crippen molar-refractivity contribution in [2.75, 3.05) is 19.8 Å². The zero-order valence-corrected chi connectivity index (χ0v) is 11.7. The molecule has 0 aliphatic rings. The van der Waals surface area contributed by atoms with E-state index in [9.17, 15) is 8.42 Å². The van der Waals surface area contributed by atoms with Crippen LogP contribution in [0.5, 0.6) is 11.5 Å². The average Bonchev–Trinajstić information content (AvgIpc) is 2.31. The van der Waals surface area contributed by atoms with E-state index in [1.807, 2.05) is 13.8 Å². The molecule has 0 radical (unpaired) electrons. The minimum Gasteiger partial charge on any atom is -0.490 e. The SMILES string of the molecule is CCNS(=O)(=O)c1ccc(OCC)c(OCC)c1. The van der Waals surface area contributed by atoms with Crippen LogP contribution >= 0.6 is 0 Å². The molecule has 6 heteroatoms. The van der Waals surface area contributed by atoms with Crippen LogP contribution in [-0.4, -0.2) is 28.2 Å². The molecule has 1 aromatic carbocycles. The lowest BCUT2D eigenvalue weighted by Crippen LogP contribution is -2.23. The predicted molar refractivity (Wildman–Crippen MR) is 69.6 cm³/mol. The van der Waals surface area contributed by atoms with Crippen LogP contribution < -0.4 is 14.2 Å². The Labute approximate surface area is 108 Å². The fourth-order valence-electron chi connectivity index (χ4n) is 1.47. The van der Waals surface area contributed by atoms with Crippen LogP contribution in [0, 0.1) is 0 Å². The molecule has 102 valence electrons. The number of nitrogens with one attached hydrogen (secondary N) is 1. The molecular weight excluding hydrogens is 254 g/mol. The van der Waals surface area contributed by atoms with Crippen LogP contribution in [0.25, 0.3) is 0 Å². The monoisotopic (exact) mass is 273 g/mol. The first-order chi connectivity index (χ1) is 8.55. The summed E-state index contributed by atoms with van der Waals surface area (Å²) in [5.41, 5.74) is 0. The molecule has 1 rings (SSSR count). The number of rotatable bonds is 7. The maximum absolute atomic E-state index is 11.9.